The van der Waals surface area contributed by atoms with Gasteiger partial charge in [-0.05, 0) is 72.4 Å². The number of benzene rings is 3. The minimum atomic E-state index is 0.304. The molecule has 0 aromatic heterocycles. The molecule has 0 saturated heterocycles. The van der Waals surface area contributed by atoms with Crippen molar-refractivity contribution in [2.24, 2.45) is 10.9 Å². The number of aliphatic imine (C=N–C) groups is 1. The van der Waals surface area contributed by atoms with Crippen LogP contribution in [0.25, 0.3) is 0 Å². The van der Waals surface area contributed by atoms with Gasteiger partial charge in [0.2, 0.25) is 0 Å². The standard InChI is InChI=1S/C28H28N2O2/c1-3-32-27-17-19(11-16-26(27)31-2)18-29-21-14-12-20(13-15-21)28-24-9-6-8-22(24)23-7-4-5-10-25(23)30-28/h4-8,10-18,22,24,28,30H,3,9H2,1-2H3/t22-,24+,28-/m0/s1. The van der Waals surface area contributed by atoms with Crippen molar-refractivity contribution in [2.75, 3.05) is 19.0 Å². The van der Waals surface area contributed by atoms with E-state index >= 15 is 0 Å². The molecule has 0 saturated carbocycles. The average Bonchev–Trinajstić information content (AvgIpc) is 3.33. The topological polar surface area (TPSA) is 42.8 Å². The van der Waals surface area contributed by atoms with E-state index in [1.54, 1.807) is 7.11 Å². The summed E-state index contributed by atoms with van der Waals surface area (Å²) in [5.41, 5.74) is 5.87. The van der Waals surface area contributed by atoms with Crippen molar-refractivity contribution in [3.05, 3.63) is 95.6 Å². The summed E-state index contributed by atoms with van der Waals surface area (Å²) in [5, 5.41) is 3.79. The van der Waals surface area contributed by atoms with Gasteiger partial charge in [0.25, 0.3) is 0 Å². The van der Waals surface area contributed by atoms with Crippen molar-refractivity contribution in [1.82, 2.24) is 0 Å². The van der Waals surface area contributed by atoms with E-state index in [-0.39, 0.29) is 0 Å². The first kappa shape index (κ1) is 20.4. The minimum absolute atomic E-state index is 0.304. The predicted octanol–water partition coefficient (Wildman–Crippen LogP) is 6.67. The van der Waals surface area contributed by atoms with Crippen LogP contribution in [-0.2, 0) is 0 Å². The summed E-state index contributed by atoms with van der Waals surface area (Å²) in [6.07, 6.45) is 7.68. The number of nitrogens with zero attached hydrogens (tertiary/aromatic N) is 1. The van der Waals surface area contributed by atoms with Gasteiger partial charge in [0, 0.05) is 17.8 Å². The lowest BCUT2D eigenvalue weighted by Crippen LogP contribution is -2.28. The Hall–Kier alpha value is -3.53. The summed E-state index contributed by atoms with van der Waals surface area (Å²) in [6.45, 7) is 2.56. The van der Waals surface area contributed by atoms with E-state index in [0.717, 1.165) is 29.2 Å². The third-order valence-electron chi connectivity index (χ3n) is 6.37. The fourth-order valence-corrected chi connectivity index (χ4v) is 4.83. The highest BCUT2D eigenvalue weighted by atomic mass is 16.5. The average molecular weight is 425 g/mol. The van der Waals surface area contributed by atoms with Gasteiger partial charge in [-0.25, -0.2) is 0 Å². The fourth-order valence-electron chi connectivity index (χ4n) is 4.83. The number of nitrogens with one attached hydrogen (secondary N) is 1. The van der Waals surface area contributed by atoms with Crippen LogP contribution in [0.5, 0.6) is 11.5 Å². The Labute approximate surface area is 189 Å². The molecule has 4 heteroatoms. The highest BCUT2D eigenvalue weighted by Crippen LogP contribution is 2.49. The molecular weight excluding hydrogens is 396 g/mol. The lowest BCUT2D eigenvalue weighted by atomic mass is 9.77. The van der Waals surface area contributed by atoms with Crippen molar-refractivity contribution in [3.63, 3.8) is 0 Å². The van der Waals surface area contributed by atoms with Crippen molar-refractivity contribution in [2.45, 2.75) is 25.3 Å². The van der Waals surface area contributed by atoms with E-state index in [1.165, 1.54) is 16.8 Å². The second-order valence-electron chi connectivity index (χ2n) is 8.26. The molecule has 32 heavy (non-hydrogen) atoms. The Morgan fingerprint density at radius 3 is 2.69 bits per heavy atom. The van der Waals surface area contributed by atoms with Crippen LogP contribution in [0.3, 0.4) is 0 Å². The molecule has 1 aliphatic heterocycles. The Balaban J connectivity index is 1.34. The fraction of sp³-hybridized carbons (Fsp3) is 0.250. The SMILES string of the molecule is CCOc1cc(C=Nc2ccc([C@@H]3Nc4ccccc4[C@@H]4C=CC[C@H]43)cc2)ccc1OC. The monoisotopic (exact) mass is 424 g/mol. The Kier molecular flexibility index (Phi) is 5.68. The summed E-state index contributed by atoms with van der Waals surface area (Å²) in [5.74, 6) is 2.51. The highest BCUT2D eigenvalue weighted by molar-refractivity contribution is 5.83. The van der Waals surface area contributed by atoms with Crippen LogP contribution in [0.15, 0.2) is 83.9 Å². The van der Waals surface area contributed by atoms with Crippen molar-refractivity contribution >= 4 is 17.6 Å². The van der Waals surface area contributed by atoms with Crippen LogP contribution in [0.1, 0.15) is 42.0 Å². The van der Waals surface area contributed by atoms with E-state index < -0.39 is 0 Å². The maximum Gasteiger partial charge on any atom is 0.161 e. The number of hydrogen-bond donors (Lipinski definition) is 1. The molecule has 4 nitrogen and oxygen atoms in total. The summed E-state index contributed by atoms with van der Waals surface area (Å²) in [6, 6.07) is 23.4. The maximum absolute atomic E-state index is 5.66. The number of anilines is 1. The molecule has 1 heterocycles. The number of rotatable bonds is 6. The third-order valence-corrected chi connectivity index (χ3v) is 6.37. The first-order valence-corrected chi connectivity index (χ1v) is 11.2. The van der Waals surface area contributed by atoms with Crippen LogP contribution in [-0.4, -0.2) is 19.9 Å². The number of para-hydroxylation sites is 1. The number of fused-ring (bicyclic) bond motifs is 3. The molecule has 1 aliphatic carbocycles. The van der Waals surface area contributed by atoms with Gasteiger partial charge in [0.05, 0.1) is 25.4 Å². The molecule has 3 aromatic rings. The zero-order valence-corrected chi connectivity index (χ0v) is 18.5. The zero-order valence-electron chi connectivity index (χ0n) is 18.5. The lowest BCUT2D eigenvalue weighted by Gasteiger charge is -2.37. The van der Waals surface area contributed by atoms with E-state index in [2.05, 4.69) is 71.0 Å². The second kappa shape index (κ2) is 8.91. The van der Waals surface area contributed by atoms with E-state index in [4.69, 9.17) is 9.47 Å². The molecule has 0 radical (unpaired) electrons. The highest BCUT2D eigenvalue weighted by Gasteiger charge is 2.37. The van der Waals surface area contributed by atoms with E-state index in [9.17, 15) is 0 Å². The smallest absolute Gasteiger partial charge is 0.161 e. The van der Waals surface area contributed by atoms with Gasteiger partial charge in [-0.1, -0.05) is 42.5 Å². The normalized spacial score (nSPS) is 21.1. The summed E-state index contributed by atoms with van der Waals surface area (Å²) in [7, 11) is 1.65. The van der Waals surface area contributed by atoms with Gasteiger partial charge in [-0.3, -0.25) is 4.99 Å². The zero-order chi connectivity index (χ0) is 21.9. The predicted molar refractivity (Wildman–Crippen MR) is 131 cm³/mol. The number of ether oxygens (including phenoxy) is 2. The molecular formula is C28H28N2O2. The Morgan fingerprint density at radius 1 is 1.03 bits per heavy atom. The Bertz CT molecular complexity index is 1150. The molecule has 0 spiro atoms. The molecule has 3 aromatic carbocycles. The van der Waals surface area contributed by atoms with Gasteiger partial charge < -0.3 is 14.8 Å². The summed E-state index contributed by atoms with van der Waals surface area (Å²) < 4.78 is 11.0. The van der Waals surface area contributed by atoms with Gasteiger partial charge >= 0.3 is 0 Å². The summed E-state index contributed by atoms with van der Waals surface area (Å²) >= 11 is 0. The van der Waals surface area contributed by atoms with Crippen molar-refractivity contribution in [1.29, 1.82) is 0 Å². The molecule has 0 unspecified atom stereocenters. The molecule has 0 bridgehead atoms. The summed E-state index contributed by atoms with van der Waals surface area (Å²) in [4.78, 5) is 4.67. The van der Waals surface area contributed by atoms with Gasteiger partial charge in [0.1, 0.15) is 0 Å². The Morgan fingerprint density at radius 2 is 1.88 bits per heavy atom. The van der Waals surface area contributed by atoms with Crippen molar-refractivity contribution < 1.29 is 9.47 Å². The lowest BCUT2D eigenvalue weighted by molar-refractivity contribution is 0.311. The second-order valence-corrected chi connectivity index (χ2v) is 8.26. The quantitative estimate of drug-likeness (QED) is 0.355. The van der Waals surface area contributed by atoms with Gasteiger partial charge in [-0.15, -0.1) is 0 Å². The molecule has 5 rings (SSSR count). The number of allylic oxidation sites excluding steroid dienone is 2. The van der Waals surface area contributed by atoms with Gasteiger partial charge in [0.15, 0.2) is 11.5 Å². The van der Waals surface area contributed by atoms with Crippen molar-refractivity contribution in [3.8, 4) is 11.5 Å². The largest absolute Gasteiger partial charge is 0.493 e. The maximum atomic E-state index is 5.66. The van der Waals surface area contributed by atoms with Crippen LogP contribution >= 0.6 is 0 Å². The minimum Gasteiger partial charge on any atom is -0.493 e. The molecule has 162 valence electrons. The van der Waals surface area contributed by atoms with Crippen LogP contribution < -0.4 is 14.8 Å². The van der Waals surface area contributed by atoms with Crippen LogP contribution in [0.2, 0.25) is 0 Å². The number of methoxy groups -OCH3 is 1. The van der Waals surface area contributed by atoms with E-state index in [0.29, 0.717) is 24.5 Å². The molecule has 2 aliphatic rings. The molecule has 0 amide bonds. The van der Waals surface area contributed by atoms with E-state index in [1.807, 2.05) is 31.3 Å². The van der Waals surface area contributed by atoms with Crippen LogP contribution in [0.4, 0.5) is 11.4 Å². The first-order chi connectivity index (χ1) is 15.8. The third kappa shape index (κ3) is 3.89. The molecule has 0 fully saturated rings. The number of hydrogen-bond acceptors (Lipinski definition) is 4. The molecule has 3 atom stereocenters. The molecule has 1 N–H and O–H groups in total. The van der Waals surface area contributed by atoms with Gasteiger partial charge in [-0.2, -0.15) is 0 Å². The van der Waals surface area contributed by atoms with Crippen LogP contribution in [0, 0.1) is 5.92 Å². The first-order valence-electron chi connectivity index (χ1n) is 11.2.